The van der Waals surface area contributed by atoms with Crippen molar-refractivity contribution >= 4 is 0 Å². The fraction of sp³-hybridized carbons (Fsp3) is 0.625. The molecule has 0 aromatic heterocycles. The van der Waals surface area contributed by atoms with Gasteiger partial charge in [0.1, 0.15) is 0 Å². The summed E-state index contributed by atoms with van der Waals surface area (Å²) in [5.41, 5.74) is 0.827. The minimum atomic E-state index is -0.414. The Labute approximate surface area is 117 Å². The van der Waals surface area contributed by atoms with Crippen LogP contribution in [0.15, 0.2) is 30.3 Å². The summed E-state index contributed by atoms with van der Waals surface area (Å²) in [6.45, 7) is 7.51. The standard InChI is InChI=1S/C16H28N2O/c1-6-15(2,3)18(5)12-16(13-19,17-4)14-10-8-7-9-11-14/h7-11,17,19H,6,12-13H2,1-5H3. The number of rotatable bonds is 7. The maximum atomic E-state index is 9.93. The van der Waals surface area contributed by atoms with Crippen LogP contribution in [0.2, 0.25) is 0 Å². The fourth-order valence-corrected chi connectivity index (χ4v) is 2.18. The highest BCUT2D eigenvalue weighted by molar-refractivity contribution is 5.25. The Morgan fingerprint density at radius 2 is 1.79 bits per heavy atom. The van der Waals surface area contributed by atoms with Gasteiger partial charge in [-0.2, -0.15) is 0 Å². The molecule has 0 saturated carbocycles. The molecule has 108 valence electrons. The van der Waals surface area contributed by atoms with Crippen molar-refractivity contribution in [2.45, 2.75) is 38.3 Å². The van der Waals surface area contributed by atoms with E-state index in [1.165, 1.54) is 0 Å². The number of likely N-dealkylation sites (N-methyl/N-ethyl adjacent to an activating group) is 2. The number of aliphatic hydroxyl groups excluding tert-OH is 1. The zero-order chi connectivity index (χ0) is 14.5. The van der Waals surface area contributed by atoms with Crippen molar-refractivity contribution in [1.82, 2.24) is 10.2 Å². The normalized spacial score (nSPS) is 15.5. The van der Waals surface area contributed by atoms with Crippen LogP contribution in [0.1, 0.15) is 32.8 Å². The van der Waals surface area contributed by atoms with Gasteiger partial charge in [0, 0.05) is 12.1 Å². The summed E-state index contributed by atoms with van der Waals surface area (Å²) in [5, 5.41) is 13.2. The minimum Gasteiger partial charge on any atom is -0.394 e. The maximum Gasteiger partial charge on any atom is 0.0795 e. The molecule has 0 radical (unpaired) electrons. The van der Waals surface area contributed by atoms with Crippen LogP contribution in [0.5, 0.6) is 0 Å². The molecular weight excluding hydrogens is 236 g/mol. The number of aliphatic hydroxyl groups is 1. The number of hydrogen-bond donors (Lipinski definition) is 2. The average Bonchev–Trinajstić information content (AvgIpc) is 2.45. The molecule has 0 amide bonds. The van der Waals surface area contributed by atoms with Crippen molar-refractivity contribution in [2.24, 2.45) is 0 Å². The van der Waals surface area contributed by atoms with Gasteiger partial charge in [-0.3, -0.25) is 4.90 Å². The second-order valence-electron chi connectivity index (χ2n) is 5.88. The Morgan fingerprint density at radius 3 is 2.21 bits per heavy atom. The second-order valence-corrected chi connectivity index (χ2v) is 5.88. The van der Waals surface area contributed by atoms with E-state index in [4.69, 9.17) is 0 Å². The Kier molecular flexibility index (Phi) is 5.53. The summed E-state index contributed by atoms with van der Waals surface area (Å²) >= 11 is 0. The summed E-state index contributed by atoms with van der Waals surface area (Å²) in [6.07, 6.45) is 1.07. The summed E-state index contributed by atoms with van der Waals surface area (Å²) in [4.78, 5) is 2.31. The van der Waals surface area contributed by atoms with E-state index in [2.05, 4.69) is 50.2 Å². The van der Waals surface area contributed by atoms with Gasteiger partial charge in [-0.1, -0.05) is 37.3 Å². The molecule has 0 aliphatic rings. The number of nitrogens with one attached hydrogen (secondary N) is 1. The van der Waals surface area contributed by atoms with E-state index in [9.17, 15) is 5.11 Å². The number of hydrogen-bond acceptors (Lipinski definition) is 3. The van der Waals surface area contributed by atoms with E-state index in [1.54, 1.807) is 0 Å². The lowest BCUT2D eigenvalue weighted by atomic mass is 9.88. The summed E-state index contributed by atoms with van der Waals surface area (Å²) < 4.78 is 0. The molecule has 3 nitrogen and oxygen atoms in total. The molecule has 0 spiro atoms. The van der Waals surface area contributed by atoms with E-state index in [0.29, 0.717) is 0 Å². The Morgan fingerprint density at radius 1 is 1.21 bits per heavy atom. The van der Waals surface area contributed by atoms with Gasteiger partial charge in [-0.25, -0.2) is 0 Å². The average molecular weight is 264 g/mol. The second kappa shape index (κ2) is 6.51. The van der Waals surface area contributed by atoms with Gasteiger partial charge < -0.3 is 10.4 Å². The molecule has 1 rings (SSSR count). The molecule has 0 saturated heterocycles. The van der Waals surface area contributed by atoms with E-state index < -0.39 is 5.54 Å². The van der Waals surface area contributed by atoms with E-state index in [1.807, 2.05) is 25.2 Å². The molecule has 0 aliphatic heterocycles. The Hall–Kier alpha value is -0.900. The van der Waals surface area contributed by atoms with Crippen molar-refractivity contribution in [2.75, 3.05) is 27.2 Å². The van der Waals surface area contributed by atoms with Crippen LogP contribution in [0.4, 0.5) is 0 Å². The van der Waals surface area contributed by atoms with Gasteiger partial charge in [0.2, 0.25) is 0 Å². The third-order valence-corrected chi connectivity index (χ3v) is 4.48. The van der Waals surface area contributed by atoms with Crippen LogP contribution in [0.25, 0.3) is 0 Å². The highest BCUT2D eigenvalue weighted by Crippen LogP contribution is 2.25. The lowest BCUT2D eigenvalue weighted by Gasteiger charge is -2.42. The van der Waals surface area contributed by atoms with Crippen LogP contribution in [0, 0.1) is 0 Å². The number of benzene rings is 1. The Balaban J connectivity index is 3.02. The molecule has 1 aromatic rings. The molecule has 3 heteroatoms. The number of nitrogens with zero attached hydrogens (tertiary/aromatic N) is 1. The van der Waals surface area contributed by atoms with Crippen LogP contribution >= 0.6 is 0 Å². The first-order valence-corrected chi connectivity index (χ1v) is 6.98. The molecule has 1 atom stereocenters. The van der Waals surface area contributed by atoms with Gasteiger partial charge in [-0.05, 0) is 39.9 Å². The highest BCUT2D eigenvalue weighted by Gasteiger charge is 2.34. The third kappa shape index (κ3) is 3.56. The van der Waals surface area contributed by atoms with Crippen LogP contribution < -0.4 is 5.32 Å². The predicted molar refractivity (Wildman–Crippen MR) is 81.3 cm³/mol. The largest absolute Gasteiger partial charge is 0.394 e. The van der Waals surface area contributed by atoms with E-state index >= 15 is 0 Å². The van der Waals surface area contributed by atoms with Crippen LogP contribution in [0.3, 0.4) is 0 Å². The first-order valence-electron chi connectivity index (χ1n) is 6.98. The monoisotopic (exact) mass is 264 g/mol. The van der Waals surface area contributed by atoms with Crippen molar-refractivity contribution in [3.05, 3.63) is 35.9 Å². The SMILES string of the molecule is CCC(C)(C)N(C)CC(CO)(NC)c1ccccc1. The van der Waals surface area contributed by atoms with Gasteiger partial charge in [0.25, 0.3) is 0 Å². The van der Waals surface area contributed by atoms with Crippen LogP contribution in [-0.4, -0.2) is 42.8 Å². The third-order valence-electron chi connectivity index (χ3n) is 4.48. The van der Waals surface area contributed by atoms with Gasteiger partial charge >= 0.3 is 0 Å². The maximum absolute atomic E-state index is 9.93. The first-order chi connectivity index (χ1) is 8.91. The van der Waals surface area contributed by atoms with Crippen molar-refractivity contribution in [1.29, 1.82) is 0 Å². The highest BCUT2D eigenvalue weighted by atomic mass is 16.3. The zero-order valence-corrected chi connectivity index (χ0v) is 12.9. The molecule has 0 fully saturated rings. The summed E-state index contributed by atoms with van der Waals surface area (Å²) in [6, 6.07) is 10.2. The Bertz CT molecular complexity index is 372. The molecular formula is C16H28N2O. The minimum absolute atomic E-state index is 0.0810. The smallest absolute Gasteiger partial charge is 0.0795 e. The fourth-order valence-electron chi connectivity index (χ4n) is 2.18. The summed E-state index contributed by atoms with van der Waals surface area (Å²) in [5.74, 6) is 0. The van der Waals surface area contributed by atoms with E-state index in [-0.39, 0.29) is 12.1 Å². The van der Waals surface area contributed by atoms with Gasteiger partial charge in [-0.15, -0.1) is 0 Å². The summed E-state index contributed by atoms with van der Waals surface area (Å²) in [7, 11) is 4.03. The van der Waals surface area contributed by atoms with Crippen molar-refractivity contribution in [3.8, 4) is 0 Å². The van der Waals surface area contributed by atoms with Crippen molar-refractivity contribution in [3.63, 3.8) is 0 Å². The lowest BCUT2D eigenvalue weighted by molar-refractivity contribution is 0.0696. The molecule has 0 bridgehead atoms. The molecule has 1 unspecified atom stereocenters. The zero-order valence-electron chi connectivity index (χ0n) is 12.9. The van der Waals surface area contributed by atoms with Gasteiger partial charge in [0.05, 0.1) is 12.1 Å². The molecule has 0 heterocycles. The quantitative estimate of drug-likeness (QED) is 0.792. The topological polar surface area (TPSA) is 35.5 Å². The molecule has 1 aromatic carbocycles. The lowest BCUT2D eigenvalue weighted by Crippen LogP contribution is -2.55. The van der Waals surface area contributed by atoms with Crippen LogP contribution in [-0.2, 0) is 5.54 Å². The predicted octanol–water partition coefficient (Wildman–Crippen LogP) is 2.21. The molecule has 19 heavy (non-hydrogen) atoms. The molecule has 0 aliphatic carbocycles. The first kappa shape index (κ1) is 16.2. The van der Waals surface area contributed by atoms with Gasteiger partial charge in [0.15, 0.2) is 0 Å². The molecule has 2 N–H and O–H groups in total. The van der Waals surface area contributed by atoms with E-state index in [0.717, 1.165) is 18.5 Å². The van der Waals surface area contributed by atoms with Crippen molar-refractivity contribution < 1.29 is 5.11 Å².